The SMILES string of the molecule is CCC(=O)c1ccc2c(c1)CCN2C. The number of hydrogen-bond acceptors (Lipinski definition) is 2. The molecule has 14 heavy (non-hydrogen) atoms. The fourth-order valence-electron chi connectivity index (χ4n) is 1.94. The lowest BCUT2D eigenvalue weighted by atomic mass is 10.0. The Morgan fingerprint density at radius 3 is 3.00 bits per heavy atom. The molecule has 2 nitrogen and oxygen atoms in total. The Bertz CT molecular complexity index is 371. The van der Waals surface area contributed by atoms with Crippen molar-refractivity contribution in [3.05, 3.63) is 29.3 Å². The van der Waals surface area contributed by atoms with Crippen LogP contribution in [0.4, 0.5) is 5.69 Å². The predicted molar refractivity (Wildman–Crippen MR) is 58.0 cm³/mol. The van der Waals surface area contributed by atoms with Crippen LogP contribution < -0.4 is 4.90 Å². The number of fused-ring (bicyclic) bond motifs is 1. The Balaban J connectivity index is 2.37. The lowest BCUT2D eigenvalue weighted by Gasteiger charge is -2.11. The number of nitrogens with zero attached hydrogens (tertiary/aromatic N) is 1. The van der Waals surface area contributed by atoms with Crippen LogP contribution in [0.5, 0.6) is 0 Å². The van der Waals surface area contributed by atoms with Crippen LogP contribution in [-0.2, 0) is 6.42 Å². The molecule has 0 aromatic heterocycles. The summed E-state index contributed by atoms with van der Waals surface area (Å²) in [5.41, 5.74) is 3.45. The van der Waals surface area contributed by atoms with E-state index in [0.29, 0.717) is 6.42 Å². The summed E-state index contributed by atoms with van der Waals surface area (Å²) in [5.74, 6) is 0.238. The number of benzene rings is 1. The summed E-state index contributed by atoms with van der Waals surface area (Å²) in [6, 6.07) is 6.04. The number of ketones is 1. The van der Waals surface area contributed by atoms with E-state index in [2.05, 4.69) is 18.0 Å². The molecule has 0 saturated carbocycles. The molecular formula is C12H15NO. The molecule has 0 amide bonds. The molecule has 0 bridgehead atoms. The van der Waals surface area contributed by atoms with E-state index in [4.69, 9.17) is 0 Å². The molecule has 1 aliphatic heterocycles. The molecule has 0 radical (unpaired) electrons. The van der Waals surface area contributed by atoms with Crippen LogP contribution in [0.2, 0.25) is 0 Å². The van der Waals surface area contributed by atoms with Gasteiger partial charge in [-0.2, -0.15) is 0 Å². The fraction of sp³-hybridized carbons (Fsp3) is 0.417. The minimum absolute atomic E-state index is 0.238. The van der Waals surface area contributed by atoms with Gasteiger partial charge < -0.3 is 4.90 Å². The highest BCUT2D eigenvalue weighted by atomic mass is 16.1. The average molecular weight is 189 g/mol. The van der Waals surface area contributed by atoms with Crippen molar-refractivity contribution in [3.8, 4) is 0 Å². The predicted octanol–water partition coefficient (Wildman–Crippen LogP) is 2.27. The van der Waals surface area contributed by atoms with E-state index in [9.17, 15) is 4.79 Å². The van der Waals surface area contributed by atoms with Gasteiger partial charge in [0.25, 0.3) is 0 Å². The van der Waals surface area contributed by atoms with Crippen LogP contribution in [0.15, 0.2) is 18.2 Å². The van der Waals surface area contributed by atoms with Crippen LogP contribution in [0.1, 0.15) is 29.3 Å². The third-order valence-corrected chi connectivity index (χ3v) is 2.85. The topological polar surface area (TPSA) is 20.3 Å². The van der Waals surface area contributed by atoms with Gasteiger partial charge >= 0.3 is 0 Å². The quantitative estimate of drug-likeness (QED) is 0.665. The first-order valence-corrected chi connectivity index (χ1v) is 5.09. The molecule has 1 aromatic rings. The number of Topliss-reactive ketones (excluding diaryl/α,β-unsaturated/α-hetero) is 1. The fourth-order valence-corrected chi connectivity index (χ4v) is 1.94. The van der Waals surface area contributed by atoms with Gasteiger partial charge in [0.2, 0.25) is 0 Å². The van der Waals surface area contributed by atoms with Crippen molar-refractivity contribution in [2.24, 2.45) is 0 Å². The number of hydrogen-bond donors (Lipinski definition) is 0. The van der Waals surface area contributed by atoms with Gasteiger partial charge in [-0.1, -0.05) is 6.92 Å². The third-order valence-electron chi connectivity index (χ3n) is 2.85. The van der Waals surface area contributed by atoms with Gasteiger partial charge in [-0.15, -0.1) is 0 Å². The molecule has 0 aliphatic carbocycles. The maximum absolute atomic E-state index is 11.5. The summed E-state index contributed by atoms with van der Waals surface area (Å²) in [4.78, 5) is 13.7. The molecule has 1 heterocycles. The first-order chi connectivity index (χ1) is 6.72. The second kappa shape index (κ2) is 3.45. The maximum Gasteiger partial charge on any atom is 0.162 e. The Labute approximate surface area is 84.5 Å². The van der Waals surface area contributed by atoms with Gasteiger partial charge in [0.05, 0.1) is 0 Å². The molecule has 2 rings (SSSR count). The molecule has 2 heteroatoms. The van der Waals surface area contributed by atoms with Gasteiger partial charge in [0.1, 0.15) is 0 Å². The van der Waals surface area contributed by atoms with E-state index in [-0.39, 0.29) is 5.78 Å². The Morgan fingerprint density at radius 2 is 2.29 bits per heavy atom. The summed E-state index contributed by atoms with van der Waals surface area (Å²) in [6.45, 7) is 2.97. The molecule has 0 spiro atoms. The zero-order chi connectivity index (χ0) is 10.1. The summed E-state index contributed by atoms with van der Waals surface area (Å²) in [5, 5.41) is 0. The number of anilines is 1. The van der Waals surface area contributed by atoms with Crippen molar-refractivity contribution in [2.75, 3.05) is 18.5 Å². The van der Waals surface area contributed by atoms with Gasteiger partial charge in [-0.05, 0) is 30.2 Å². The summed E-state index contributed by atoms with van der Waals surface area (Å²) in [7, 11) is 2.09. The standard InChI is InChI=1S/C12H15NO/c1-3-12(14)10-4-5-11-9(8-10)6-7-13(11)2/h4-5,8H,3,6-7H2,1-2H3. The van der Waals surface area contributed by atoms with Crippen LogP contribution in [-0.4, -0.2) is 19.4 Å². The Hall–Kier alpha value is -1.31. The average Bonchev–Trinajstić information content (AvgIpc) is 2.59. The van der Waals surface area contributed by atoms with E-state index < -0.39 is 0 Å². The highest BCUT2D eigenvalue weighted by molar-refractivity contribution is 5.96. The lowest BCUT2D eigenvalue weighted by Crippen LogP contribution is -2.12. The molecule has 0 N–H and O–H groups in total. The first kappa shape index (κ1) is 9.25. The van der Waals surface area contributed by atoms with E-state index in [1.54, 1.807) is 0 Å². The summed E-state index contributed by atoms with van der Waals surface area (Å²) in [6.07, 6.45) is 1.66. The maximum atomic E-state index is 11.5. The number of carbonyl (C=O) groups is 1. The molecule has 1 aromatic carbocycles. The van der Waals surface area contributed by atoms with Crippen molar-refractivity contribution < 1.29 is 4.79 Å². The lowest BCUT2D eigenvalue weighted by molar-refractivity contribution is 0.0988. The van der Waals surface area contributed by atoms with Crippen molar-refractivity contribution in [1.82, 2.24) is 0 Å². The summed E-state index contributed by atoms with van der Waals surface area (Å²) < 4.78 is 0. The number of rotatable bonds is 2. The highest BCUT2D eigenvalue weighted by Gasteiger charge is 2.16. The van der Waals surface area contributed by atoms with Crippen molar-refractivity contribution in [3.63, 3.8) is 0 Å². The smallest absolute Gasteiger partial charge is 0.162 e. The van der Waals surface area contributed by atoms with E-state index in [1.807, 2.05) is 19.1 Å². The molecule has 0 saturated heterocycles. The highest BCUT2D eigenvalue weighted by Crippen LogP contribution is 2.27. The largest absolute Gasteiger partial charge is 0.374 e. The van der Waals surface area contributed by atoms with Gasteiger partial charge in [-0.25, -0.2) is 0 Å². The van der Waals surface area contributed by atoms with E-state index in [0.717, 1.165) is 18.5 Å². The minimum Gasteiger partial charge on any atom is -0.374 e. The second-order valence-corrected chi connectivity index (χ2v) is 3.79. The van der Waals surface area contributed by atoms with Crippen molar-refractivity contribution in [1.29, 1.82) is 0 Å². The molecular weight excluding hydrogens is 174 g/mol. The molecule has 74 valence electrons. The van der Waals surface area contributed by atoms with Crippen LogP contribution in [0, 0.1) is 0 Å². The third kappa shape index (κ3) is 1.41. The van der Waals surface area contributed by atoms with Crippen LogP contribution in [0.25, 0.3) is 0 Å². The van der Waals surface area contributed by atoms with E-state index >= 15 is 0 Å². The zero-order valence-corrected chi connectivity index (χ0v) is 8.71. The Morgan fingerprint density at radius 1 is 1.50 bits per heavy atom. The van der Waals surface area contributed by atoms with Crippen molar-refractivity contribution >= 4 is 11.5 Å². The monoisotopic (exact) mass is 189 g/mol. The molecule has 0 fully saturated rings. The second-order valence-electron chi connectivity index (χ2n) is 3.79. The van der Waals surface area contributed by atoms with Gasteiger partial charge in [-0.3, -0.25) is 4.79 Å². The van der Waals surface area contributed by atoms with Gasteiger partial charge in [0.15, 0.2) is 5.78 Å². The normalized spacial score (nSPS) is 14.3. The number of likely N-dealkylation sites (N-methyl/N-ethyl adjacent to an activating group) is 1. The van der Waals surface area contributed by atoms with Gasteiger partial charge in [0, 0.05) is 31.3 Å². The van der Waals surface area contributed by atoms with Crippen LogP contribution >= 0.6 is 0 Å². The molecule has 0 unspecified atom stereocenters. The number of carbonyl (C=O) groups excluding carboxylic acids is 1. The van der Waals surface area contributed by atoms with Crippen molar-refractivity contribution in [2.45, 2.75) is 19.8 Å². The summed E-state index contributed by atoms with van der Waals surface area (Å²) >= 11 is 0. The Kier molecular flexibility index (Phi) is 2.28. The van der Waals surface area contributed by atoms with E-state index in [1.165, 1.54) is 11.3 Å². The molecule has 0 atom stereocenters. The minimum atomic E-state index is 0.238. The first-order valence-electron chi connectivity index (χ1n) is 5.09. The van der Waals surface area contributed by atoms with Crippen LogP contribution in [0.3, 0.4) is 0 Å². The zero-order valence-electron chi connectivity index (χ0n) is 8.71. The molecule has 1 aliphatic rings.